The first-order valence-electron chi connectivity index (χ1n) is 12.7. The van der Waals surface area contributed by atoms with Crippen molar-refractivity contribution in [3.63, 3.8) is 0 Å². The first kappa shape index (κ1) is 22.5. The molecular formula is C29H29N5O2. The minimum absolute atomic E-state index is 0.0534. The summed E-state index contributed by atoms with van der Waals surface area (Å²) in [5.74, 6) is 2.92. The highest BCUT2D eigenvalue weighted by atomic mass is 16.5. The second-order valence-corrected chi connectivity index (χ2v) is 9.58. The number of piperazine rings is 1. The minimum Gasteiger partial charge on any atom is -0.353 e. The van der Waals surface area contributed by atoms with Crippen LogP contribution in [0.25, 0.3) is 11.4 Å². The highest BCUT2D eigenvalue weighted by Crippen LogP contribution is 2.39. The van der Waals surface area contributed by atoms with E-state index in [2.05, 4.69) is 44.3 Å². The second kappa shape index (κ2) is 9.93. The monoisotopic (exact) mass is 479 g/mol. The van der Waals surface area contributed by atoms with Gasteiger partial charge in [-0.3, -0.25) is 4.79 Å². The molecular weight excluding hydrogens is 450 g/mol. The van der Waals surface area contributed by atoms with Gasteiger partial charge < -0.3 is 14.3 Å². The number of nitrogens with zero attached hydrogens (tertiary/aromatic N) is 5. The van der Waals surface area contributed by atoms with E-state index in [-0.39, 0.29) is 11.8 Å². The van der Waals surface area contributed by atoms with Gasteiger partial charge in [-0.1, -0.05) is 65.8 Å². The quantitative estimate of drug-likeness (QED) is 0.376. The van der Waals surface area contributed by atoms with Gasteiger partial charge in [-0.25, -0.2) is 4.98 Å². The molecule has 0 atom stereocenters. The molecule has 0 unspecified atom stereocenters. The molecule has 1 saturated carbocycles. The molecule has 0 spiro atoms. The number of benzene rings is 2. The molecule has 2 aliphatic rings. The van der Waals surface area contributed by atoms with Crippen molar-refractivity contribution < 1.29 is 9.32 Å². The lowest BCUT2D eigenvalue weighted by Gasteiger charge is -2.36. The third kappa shape index (κ3) is 4.87. The molecule has 0 radical (unpaired) electrons. The Kier molecular flexibility index (Phi) is 6.20. The summed E-state index contributed by atoms with van der Waals surface area (Å²) in [7, 11) is 0. The van der Waals surface area contributed by atoms with Gasteiger partial charge in [0.05, 0.1) is 0 Å². The zero-order chi connectivity index (χ0) is 24.3. The maximum absolute atomic E-state index is 13.3. The van der Waals surface area contributed by atoms with Crippen molar-refractivity contribution in [2.45, 2.75) is 31.1 Å². The van der Waals surface area contributed by atoms with Crippen LogP contribution in [-0.4, -0.2) is 52.1 Å². The number of rotatable bonds is 7. The zero-order valence-electron chi connectivity index (χ0n) is 20.2. The van der Waals surface area contributed by atoms with Crippen molar-refractivity contribution in [1.82, 2.24) is 20.0 Å². The number of hydrogen-bond donors (Lipinski definition) is 0. The molecule has 1 saturated heterocycles. The Balaban J connectivity index is 1.08. The Morgan fingerprint density at radius 3 is 2.14 bits per heavy atom. The van der Waals surface area contributed by atoms with Crippen LogP contribution < -0.4 is 4.90 Å². The molecule has 0 bridgehead atoms. The van der Waals surface area contributed by atoms with Gasteiger partial charge in [0.25, 0.3) is 0 Å². The molecule has 4 aromatic rings. The third-order valence-electron chi connectivity index (χ3n) is 7.11. The van der Waals surface area contributed by atoms with Crippen molar-refractivity contribution in [2.24, 2.45) is 0 Å². The van der Waals surface area contributed by atoms with Crippen molar-refractivity contribution in [1.29, 1.82) is 0 Å². The fourth-order valence-electron chi connectivity index (χ4n) is 4.84. The number of carbonyl (C=O) groups excluding carboxylic acids is 1. The summed E-state index contributed by atoms with van der Waals surface area (Å²) in [6, 6.07) is 24.6. The molecule has 0 N–H and O–H groups in total. The predicted octanol–water partition coefficient (Wildman–Crippen LogP) is 4.88. The van der Waals surface area contributed by atoms with Gasteiger partial charge in [0.15, 0.2) is 0 Å². The lowest BCUT2D eigenvalue weighted by Crippen LogP contribution is -2.49. The molecule has 1 aliphatic heterocycles. The predicted molar refractivity (Wildman–Crippen MR) is 138 cm³/mol. The van der Waals surface area contributed by atoms with Crippen molar-refractivity contribution in [3.8, 4) is 11.4 Å². The Morgan fingerprint density at radius 2 is 1.56 bits per heavy atom. The number of anilines is 1. The highest BCUT2D eigenvalue weighted by molar-refractivity contribution is 5.78. The summed E-state index contributed by atoms with van der Waals surface area (Å²) >= 11 is 0. The van der Waals surface area contributed by atoms with E-state index >= 15 is 0 Å². The average molecular weight is 480 g/mol. The highest BCUT2D eigenvalue weighted by Gasteiger charge is 2.30. The van der Waals surface area contributed by atoms with Gasteiger partial charge in [-0.15, -0.1) is 0 Å². The van der Waals surface area contributed by atoms with Crippen molar-refractivity contribution >= 4 is 11.7 Å². The molecule has 7 nitrogen and oxygen atoms in total. The van der Waals surface area contributed by atoms with Crippen LogP contribution in [0.2, 0.25) is 0 Å². The Morgan fingerprint density at radius 1 is 0.889 bits per heavy atom. The normalized spacial score (nSPS) is 15.9. The van der Waals surface area contributed by atoms with Gasteiger partial charge in [0.2, 0.25) is 17.6 Å². The Labute approximate surface area is 210 Å². The van der Waals surface area contributed by atoms with Crippen molar-refractivity contribution in [2.75, 3.05) is 31.1 Å². The number of hydrogen-bond acceptors (Lipinski definition) is 6. The first-order valence-corrected chi connectivity index (χ1v) is 12.7. The molecule has 182 valence electrons. The van der Waals surface area contributed by atoms with Gasteiger partial charge in [0.1, 0.15) is 5.82 Å². The summed E-state index contributed by atoms with van der Waals surface area (Å²) in [6.45, 7) is 2.89. The summed E-state index contributed by atoms with van der Waals surface area (Å²) in [6.07, 6.45) is 4.53. The van der Waals surface area contributed by atoms with Crippen LogP contribution in [0.1, 0.15) is 48.1 Å². The second-order valence-electron chi connectivity index (χ2n) is 9.58. The van der Waals surface area contributed by atoms with Crippen LogP contribution in [-0.2, 0) is 4.79 Å². The summed E-state index contributed by atoms with van der Waals surface area (Å²) < 4.78 is 5.37. The number of aromatic nitrogens is 3. The van der Waals surface area contributed by atoms with Crippen LogP contribution >= 0.6 is 0 Å². The Bertz CT molecular complexity index is 1260. The maximum atomic E-state index is 13.3. The van der Waals surface area contributed by atoms with E-state index in [1.165, 1.54) is 11.1 Å². The van der Waals surface area contributed by atoms with E-state index in [9.17, 15) is 4.79 Å². The third-order valence-corrected chi connectivity index (χ3v) is 7.11. The maximum Gasteiger partial charge on any atom is 0.230 e. The molecule has 1 aliphatic carbocycles. The minimum atomic E-state index is 0.0534. The van der Waals surface area contributed by atoms with Gasteiger partial charge in [0, 0.05) is 56.2 Å². The van der Waals surface area contributed by atoms with E-state index in [1.807, 2.05) is 53.4 Å². The zero-order valence-corrected chi connectivity index (χ0v) is 20.2. The molecule has 3 heterocycles. The lowest BCUT2D eigenvalue weighted by atomic mass is 9.88. The summed E-state index contributed by atoms with van der Waals surface area (Å²) in [5.41, 5.74) is 3.20. The molecule has 2 fully saturated rings. The van der Waals surface area contributed by atoms with Crippen LogP contribution in [0.4, 0.5) is 5.82 Å². The molecule has 1 amide bonds. The Hall–Kier alpha value is -4.00. The molecule has 6 rings (SSSR count). The number of pyridine rings is 1. The van der Waals surface area contributed by atoms with Crippen LogP contribution in [0, 0.1) is 0 Å². The summed E-state index contributed by atoms with van der Waals surface area (Å²) in [5, 5.41) is 4.10. The van der Waals surface area contributed by atoms with Gasteiger partial charge >= 0.3 is 0 Å². The largest absolute Gasteiger partial charge is 0.353 e. The number of carbonyl (C=O) groups is 1. The molecule has 2 aromatic heterocycles. The topological polar surface area (TPSA) is 75.4 Å². The van der Waals surface area contributed by atoms with Gasteiger partial charge in [-0.05, 0) is 36.1 Å². The fraction of sp³-hybridized carbons (Fsp3) is 0.310. The van der Waals surface area contributed by atoms with E-state index in [1.54, 1.807) is 6.20 Å². The van der Waals surface area contributed by atoms with Crippen LogP contribution in [0.3, 0.4) is 0 Å². The molecule has 36 heavy (non-hydrogen) atoms. The molecule has 7 heteroatoms. The first-order chi connectivity index (χ1) is 17.7. The molecule has 2 aromatic carbocycles. The number of amides is 1. The van der Waals surface area contributed by atoms with E-state index < -0.39 is 0 Å². The smallest absolute Gasteiger partial charge is 0.230 e. The lowest BCUT2D eigenvalue weighted by molar-refractivity contribution is -0.131. The standard InChI is InChI=1S/C29H29N5O2/c35-27(19-25(21-7-3-1-4-8-21)22-9-5-2-6-10-22)34-17-15-33(16-18-34)26-14-13-24(20-30-26)28-31-29(36-32-28)23-11-12-23/h1-10,13-14,20,23,25H,11-12,15-19H2. The summed E-state index contributed by atoms with van der Waals surface area (Å²) in [4.78, 5) is 26.7. The van der Waals surface area contributed by atoms with E-state index in [0.29, 0.717) is 31.3 Å². The van der Waals surface area contributed by atoms with Gasteiger partial charge in [-0.2, -0.15) is 4.98 Å². The van der Waals surface area contributed by atoms with Crippen LogP contribution in [0.15, 0.2) is 83.5 Å². The SMILES string of the molecule is O=C(CC(c1ccccc1)c1ccccc1)N1CCN(c2ccc(-c3noc(C4CC4)n3)cn2)CC1. The fourth-order valence-corrected chi connectivity index (χ4v) is 4.84. The average Bonchev–Trinajstić information content (AvgIpc) is 3.69. The van der Waals surface area contributed by atoms with E-state index in [4.69, 9.17) is 4.52 Å². The van der Waals surface area contributed by atoms with Crippen molar-refractivity contribution in [3.05, 3.63) is 96.0 Å². The van der Waals surface area contributed by atoms with Crippen LogP contribution in [0.5, 0.6) is 0 Å². The van der Waals surface area contributed by atoms with E-state index in [0.717, 1.165) is 43.2 Å².